The summed E-state index contributed by atoms with van der Waals surface area (Å²) in [5.41, 5.74) is 4.62. The Morgan fingerprint density at radius 2 is 1.87 bits per heavy atom. The number of hydrogen-bond donors (Lipinski definition) is 1. The molecule has 0 unspecified atom stereocenters. The Morgan fingerprint density at radius 3 is 2.57 bits per heavy atom. The molecular weight excluding hydrogens is 444 g/mol. The molecule has 1 amide bonds. The lowest BCUT2D eigenvalue weighted by Crippen LogP contribution is -2.49. The normalized spacial score (nSPS) is 15.7. The maximum atomic E-state index is 13.3. The van der Waals surface area contributed by atoms with Crippen molar-refractivity contribution in [3.05, 3.63) is 75.0 Å². The maximum Gasteiger partial charge on any atom is 0.274 e. The number of aryl methyl sites for hydroxylation is 3. The monoisotopic (exact) mass is 468 g/mol. The summed E-state index contributed by atoms with van der Waals surface area (Å²) >= 11 is 3.55. The summed E-state index contributed by atoms with van der Waals surface area (Å²) in [4.78, 5) is 14.9. The van der Waals surface area contributed by atoms with Crippen molar-refractivity contribution in [3.8, 4) is 5.69 Å². The molecule has 30 heavy (non-hydrogen) atoms. The van der Waals surface area contributed by atoms with E-state index in [1.54, 1.807) is 4.80 Å². The van der Waals surface area contributed by atoms with E-state index in [1.165, 1.54) is 5.56 Å². The third-order valence-electron chi connectivity index (χ3n) is 5.64. The summed E-state index contributed by atoms with van der Waals surface area (Å²) in [5.74, 6) is -0.217. The molecule has 0 atom stereocenters. The van der Waals surface area contributed by atoms with E-state index in [-0.39, 0.29) is 5.91 Å². The Bertz CT molecular complexity index is 1090. The molecule has 3 aromatic rings. The Hall–Kier alpha value is -2.51. The highest BCUT2D eigenvalue weighted by atomic mass is 79.9. The number of hydrogen-bond acceptors (Lipinski definition) is 4. The standard InChI is InChI=1S/C23H25BrN4O2/c1-15-7-8-20(16(2)13-15)28-26-17(3)21(27-28)22(29)25-23(9-11-30-12-10-23)18-5-4-6-19(24)14-18/h4-8,13-14H,9-12H2,1-3H3,(H,25,29). The van der Waals surface area contributed by atoms with Crippen LogP contribution >= 0.6 is 15.9 Å². The average molecular weight is 469 g/mol. The number of benzene rings is 2. The molecule has 2 aromatic carbocycles. The number of aromatic nitrogens is 3. The van der Waals surface area contributed by atoms with E-state index in [4.69, 9.17) is 4.74 Å². The predicted octanol–water partition coefficient (Wildman–Crippen LogP) is 4.39. The Balaban J connectivity index is 1.66. The summed E-state index contributed by atoms with van der Waals surface area (Å²) in [5, 5.41) is 12.3. The molecule has 0 aliphatic carbocycles. The molecule has 7 heteroatoms. The van der Waals surface area contributed by atoms with Crippen molar-refractivity contribution >= 4 is 21.8 Å². The third-order valence-corrected chi connectivity index (χ3v) is 6.13. The van der Waals surface area contributed by atoms with E-state index >= 15 is 0 Å². The van der Waals surface area contributed by atoms with E-state index in [2.05, 4.69) is 49.6 Å². The van der Waals surface area contributed by atoms with Crippen LogP contribution in [0.5, 0.6) is 0 Å². The topological polar surface area (TPSA) is 69.0 Å². The number of nitrogens with zero attached hydrogens (tertiary/aromatic N) is 3. The first-order chi connectivity index (χ1) is 14.4. The molecule has 6 nitrogen and oxygen atoms in total. The Labute approximate surface area is 184 Å². The van der Waals surface area contributed by atoms with Crippen molar-refractivity contribution in [2.45, 2.75) is 39.2 Å². The Kier molecular flexibility index (Phi) is 5.75. The zero-order valence-corrected chi connectivity index (χ0v) is 19.0. The first-order valence-electron chi connectivity index (χ1n) is 10.1. The molecule has 1 aliphatic rings. The molecule has 0 spiro atoms. The van der Waals surface area contributed by atoms with Crippen LogP contribution in [0.1, 0.15) is 45.7 Å². The summed E-state index contributed by atoms with van der Waals surface area (Å²) in [6.45, 7) is 7.08. The molecule has 1 fully saturated rings. The van der Waals surface area contributed by atoms with Crippen molar-refractivity contribution in [3.63, 3.8) is 0 Å². The molecular formula is C23H25BrN4O2. The minimum Gasteiger partial charge on any atom is -0.381 e. The number of nitrogens with one attached hydrogen (secondary N) is 1. The minimum absolute atomic E-state index is 0.217. The lowest BCUT2D eigenvalue weighted by atomic mass is 9.82. The van der Waals surface area contributed by atoms with Crippen LogP contribution in [-0.2, 0) is 10.3 Å². The molecule has 1 aliphatic heterocycles. The number of halogens is 1. The van der Waals surface area contributed by atoms with Crippen LogP contribution in [0.25, 0.3) is 5.69 Å². The van der Waals surface area contributed by atoms with Crippen LogP contribution in [-0.4, -0.2) is 34.1 Å². The van der Waals surface area contributed by atoms with Gasteiger partial charge >= 0.3 is 0 Å². The number of carbonyl (C=O) groups excluding carboxylic acids is 1. The maximum absolute atomic E-state index is 13.3. The van der Waals surface area contributed by atoms with Crippen molar-refractivity contribution in [1.29, 1.82) is 0 Å². The van der Waals surface area contributed by atoms with Gasteiger partial charge in [-0.15, -0.1) is 5.10 Å². The van der Waals surface area contributed by atoms with Crippen LogP contribution in [0, 0.1) is 20.8 Å². The van der Waals surface area contributed by atoms with Gasteiger partial charge in [0.1, 0.15) is 0 Å². The fourth-order valence-corrected chi connectivity index (χ4v) is 4.39. The molecule has 0 saturated carbocycles. The summed E-state index contributed by atoms with van der Waals surface area (Å²) in [7, 11) is 0. The van der Waals surface area contributed by atoms with Crippen LogP contribution in [0.2, 0.25) is 0 Å². The van der Waals surface area contributed by atoms with E-state index in [0.29, 0.717) is 37.4 Å². The van der Waals surface area contributed by atoms with E-state index in [0.717, 1.165) is 21.3 Å². The van der Waals surface area contributed by atoms with Gasteiger partial charge in [0.25, 0.3) is 5.91 Å². The smallest absolute Gasteiger partial charge is 0.274 e. The number of carbonyl (C=O) groups is 1. The van der Waals surface area contributed by atoms with Crippen molar-refractivity contribution in [2.75, 3.05) is 13.2 Å². The van der Waals surface area contributed by atoms with Gasteiger partial charge in [-0.3, -0.25) is 4.79 Å². The zero-order valence-electron chi connectivity index (χ0n) is 17.4. The first-order valence-corrected chi connectivity index (χ1v) is 10.9. The van der Waals surface area contributed by atoms with Crippen LogP contribution < -0.4 is 5.32 Å². The van der Waals surface area contributed by atoms with Gasteiger partial charge in [-0.1, -0.05) is 45.8 Å². The number of amides is 1. The molecule has 4 rings (SSSR count). The van der Waals surface area contributed by atoms with E-state index in [1.807, 2.05) is 45.0 Å². The van der Waals surface area contributed by atoms with Crippen LogP contribution in [0.3, 0.4) is 0 Å². The minimum atomic E-state index is -0.491. The second-order valence-electron chi connectivity index (χ2n) is 7.87. The fraction of sp³-hybridized carbons (Fsp3) is 0.348. The third kappa shape index (κ3) is 4.04. The van der Waals surface area contributed by atoms with Crippen LogP contribution in [0.4, 0.5) is 0 Å². The largest absolute Gasteiger partial charge is 0.381 e. The van der Waals surface area contributed by atoms with Crippen LogP contribution in [0.15, 0.2) is 46.9 Å². The van der Waals surface area contributed by atoms with E-state index < -0.39 is 5.54 Å². The molecule has 1 saturated heterocycles. The predicted molar refractivity (Wildman–Crippen MR) is 119 cm³/mol. The number of rotatable bonds is 4. The van der Waals surface area contributed by atoms with Crippen molar-refractivity contribution in [1.82, 2.24) is 20.3 Å². The van der Waals surface area contributed by atoms with Gasteiger partial charge in [0, 0.05) is 17.7 Å². The molecule has 0 radical (unpaired) electrons. The summed E-state index contributed by atoms with van der Waals surface area (Å²) in [6.07, 6.45) is 1.42. The summed E-state index contributed by atoms with van der Waals surface area (Å²) in [6, 6.07) is 14.2. The molecule has 156 valence electrons. The zero-order chi connectivity index (χ0) is 21.3. The number of ether oxygens (including phenoxy) is 1. The average Bonchev–Trinajstić information content (AvgIpc) is 3.10. The highest BCUT2D eigenvalue weighted by Crippen LogP contribution is 2.34. The molecule has 0 bridgehead atoms. The van der Waals surface area contributed by atoms with Gasteiger partial charge in [0.05, 0.1) is 16.9 Å². The molecule has 1 aromatic heterocycles. The second kappa shape index (κ2) is 8.32. The summed E-state index contributed by atoms with van der Waals surface area (Å²) < 4.78 is 6.56. The first kappa shape index (κ1) is 20.8. The van der Waals surface area contributed by atoms with Gasteiger partial charge in [0.2, 0.25) is 0 Å². The Morgan fingerprint density at radius 1 is 1.10 bits per heavy atom. The lowest BCUT2D eigenvalue weighted by molar-refractivity contribution is 0.0343. The lowest BCUT2D eigenvalue weighted by Gasteiger charge is -2.38. The van der Waals surface area contributed by atoms with Gasteiger partial charge < -0.3 is 10.1 Å². The van der Waals surface area contributed by atoms with Crippen molar-refractivity contribution in [2.24, 2.45) is 0 Å². The second-order valence-corrected chi connectivity index (χ2v) is 8.79. The van der Waals surface area contributed by atoms with Gasteiger partial charge in [-0.05, 0) is 62.9 Å². The highest BCUT2D eigenvalue weighted by Gasteiger charge is 2.37. The van der Waals surface area contributed by atoms with Gasteiger partial charge in [0.15, 0.2) is 5.69 Å². The van der Waals surface area contributed by atoms with Crippen molar-refractivity contribution < 1.29 is 9.53 Å². The fourth-order valence-electron chi connectivity index (χ4n) is 3.99. The quantitative estimate of drug-likeness (QED) is 0.616. The van der Waals surface area contributed by atoms with E-state index in [9.17, 15) is 4.79 Å². The SMILES string of the molecule is Cc1ccc(-n2nc(C)c(C(=O)NC3(c4cccc(Br)c4)CCOCC3)n2)c(C)c1. The molecule has 2 heterocycles. The molecule has 1 N–H and O–H groups in total. The van der Waals surface area contributed by atoms with Gasteiger partial charge in [-0.2, -0.15) is 9.90 Å². The highest BCUT2D eigenvalue weighted by molar-refractivity contribution is 9.10. The van der Waals surface area contributed by atoms with Gasteiger partial charge in [-0.25, -0.2) is 0 Å².